The summed E-state index contributed by atoms with van der Waals surface area (Å²) in [6, 6.07) is 9.31. The van der Waals surface area contributed by atoms with E-state index in [-0.39, 0.29) is 46.6 Å². The highest BCUT2D eigenvalue weighted by atomic mass is 16.4. The lowest BCUT2D eigenvalue weighted by Gasteiger charge is -2.20. The van der Waals surface area contributed by atoms with Crippen molar-refractivity contribution in [3.05, 3.63) is 69.8 Å². The van der Waals surface area contributed by atoms with Crippen molar-refractivity contribution in [3.63, 3.8) is 0 Å². The van der Waals surface area contributed by atoms with Crippen molar-refractivity contribution >= 4 is 17.5 Å². The summed E-state index contributed by atoms with van der Waals surface area (Å²) in [6.07, 6.45) is 0.109. The Bertz CT molecular complexity index is 820. The quantitative estimate of drug-likeness (QED) is 0.767. The molecule has 0 heterocycles. The molecule has 0 unspecified atom stereocenters. The van der Waals surface area contributed by atoms with Crippen LogP contribution in [0, 0.1) is 0 Å². The van der Waals surface area contributed by atoms with Crippen LogP contribution in [-0.2, 0) is 6.42 Å². The molecule has 5 nitrogen and oxygen atoms in total. The molecule has 0 atom stereocenters. The summed E-state index contributed by atoms with van der Waals surface area (Å²) >= 11 is 0. The van der Waals surface area contributed by atoms with E-state index in [0.29, 0.717) is 5.56 Å². The van der Waals surface area contributed by atoms with Gasteiger partial charge < -0.3 is 10.2 Å². The Morgan fingerprint density at radius 1 is 0.909 bits per heavy atom. The van der Waals surface area contributed by atoms with Crippen molar-refractivity contribution in [3.8, 4) is 0 Å². The second-order valence-corrected chi connectivity index (χ2v) is 5.00. The van der Waals surface area contributed by atoms with E-state index in [0.717, 1.165) is 0 Å². The summed E-state index contributed by atoms with van der Waals surface area (Å²) in [6.45, 7) is -0.238. The molecular formula is C17H12O5. The number of rotatable bonds is 3. The highest BCUT2D eigenvalue weighted by Crippen LogP contribution is 2.31. The molecule has 2 N–H and O–H groups in total. The summed E-state index contributed by atoms with van der Waals surface area (Å²) in [7, 11) is 0. The average Bonchev–Trinajstić information content (AvgIpc) is 2.52. The number of ketones is 2. The molecule has 0 bridgehead atoms. The lowest BCUT2D eigenvalue weighted by Crippen LogP contribution is -2.25. The Kier molecular flexibility index (Phi) is 3.35. The lowest BCUT2D eigenvalue weighted by molar-refractivity contribution is 0.0691. The lowest BCUT2D eigenvalue weighted by atomic mass is 9.80. The fraction of sp³-hybridized carbons (Fsp3) is 0.118. The number of fused-ring (bicyclic) bond motifs is 2. The maximum Gasteiger partial charge on any atom is 0.336 e. The second kappa shape index (κ2) is 5.20. The molecule has 0 aliphatic heterocycles. The number of aromatic carboxylic acids is 1. The molecule has 2 aromatic rings. The summed E-state index contributed by atoms with van der Waals surface area (Å²) in [4.78, 5) is 36.7. The SMILES string of the molecule is O=C1c2ccccc2C(=O)c2c1ccc(CCO)c2C(=O)O. The first kappa shape index (κ1) is 14.2. The number of carbonyl (C=O) groups is 3. The Hall–Kier alpha value is -2.79. The van der Waals surface area contributed by atoms with Crippen LogP contribution in [0.1, 0.15) is 47.8 Å². The summed E-state index contributed by atoms with van der Waals surface area (Å²) in [5, 5.41) is 18.5. The number of aliphatic hydroxyl groups is 1. The highest BCUT2D eigenvalue weighted by molar-refractivity contribution is 6.30. The summed E-state index contributed by atoms with van der Waals surface area (Å²) in [5.41, 5.74) is 0.661. The third kappa shape index (κ3) is 1.95. The zero-order chi connectivity index (χ0) is 15.9. The molecule has 1 aliphatic rings. The molecule has 0 saturated heterocycles. The molecule has 1 aliphatic carbocycles. The fourth-order valence-electron chi connectivity index (χ4n) is 2.80. The van der Waals surface area contributed by atoms with Crippen molar-refractivity contribution in [2.45, 2.75) is 6.42 Å². The average molecular weight is 296 g/mol. The van der Waals surface area contributed by atoms with Gasteiger partial charge in [0.05, 0.1) is 5.56 Å². The van der Waals surface area contributed by atoms with Crippen LogP contribution in [0.25, 0.3) is 0 Å². The zero-order valence-corrected chi connectivity index (χ0v) is 11.5. The van der Waals surface area contributed by atoms with E-state index in [1.165, 1.54) is 18.2 Å². The van der Waals surface area contributed by atoms with E-state index >= 15 is 0 Å². The first-order valence-electron chi connectivity index (χ1n) is 6.74. The van der Waals surface area contributed by atoms with Crippen LogP contribution in [0.3, 0.4) is 0 Å². The minimum atomic E-state index is -1.28. The Labute approximate surface area is 125 Å². The summed E-state index contributed by atoms with van der Waals surface area (Å²) < 4.78 is 0. The van der Waals surface area contributed by atoms with Gasteiger partial charge in [-0.15, -0.1) is 0 Å². The number of carbonyl (C=O) groups excluding carboxylic acids is 2. The van der Waals surface area contributed by atoms with Crippen LogP contribution in [-0.4, -0.2) is 34.4 Å². The maximum atomic E-state index is 12.7. The van der Waals surface area contributed by atoms with E-state index in [2.05, 4.69) is 0 Å². The van der Waals surface area contributed by atoms with Crippen molar-refractivity contribution in [1.82, 2.24) is 0 Å². The zero-order valence-electron chi connectivity index (χ0n) is 11.5. The molecule has 0 saturated carbocycles. The van der Waals surface area contributed by atoms with Crippen molar-refractivity contribution < 1.29 is 24.6 Å². The van der Waals surface area contributed by atoms with Crippen LogP contribution in [0.5, 0.6) is 0 Å². The fourth-order valence-corrected chi connectivity index (χ4v) is 2.80. The van der Waals surface area contributed by atoms with E-state index in [1.807, 2.05) is 0 Å². The Morgan fingerprint density at radius 3 is 2.14 bits per heavy atom. The van der Waals surface area contributed by atoms with E-state index in [9.17, 15) is 19.5 Å². The smallest absolute Gasteiger partial charge is 0.336 e. The molecule has 0 radical (unpaired) electrons. The van der Waals surface area contributed by atoms with Crippen LogP contribution < -0.4 is 0 Å². The number of carboxylic acid groups (broad SMARTS) is 1. The minimum Gasteiger partial charge on any atom is -0.478 e. The molecule has 2 aromatic carbocycles. The number of hydrogen-bond donors (Lipinski definition) is 2. The largest absolute Gasteiger partial charge is 0.478 e. The van der Waals surface area contributed by atoms with Crippen LogP contribution in [0.15, 0.2) is 36.4 Å². The molecule has 0 spiro atoms. The molecule has 0 aromatic heterocycles. The predicted octanol–water partition coefficient (Wildman–Crippen LogP) is 1.70. The summed E-state index contributed by atoms with van der Waals surface area (Å²) in [5.74, 6) is -2.11. The second-order valence-electron chi connectivity index (χ2n) is 5.00. The number of hydrogen-bond acceptors (Lipinski definition) is 4. The van der Waals surface area contributed by atoms with Gasteiger partial charge in [0.1, 0.15) is 0 Å². The van der Waals surface area contributed by atoms with E-state index < -0.39 is 11.8 Å². The molecule has 110 valence electrons. The number of benzene rings is 2. The number of aliphatic hydroxyl groups excluding tert-OH is 1. The van der Waals surface area contributed by atoms with Crippen molar-refractivity contribution in [2.24, 2.45) is 0 Å². The molecule has 5 heteroatoms. The van der Waals surface area contributed by atoms with Gasteiger partial charge in [0.15, 0.2) is 11.6 Å². The molecule has 0 fully saturated rings. The minimum absolute atomic E-state index is 0.0813. The monoisotopic (exact) mass is 296 g/mol. The van der Waals surface area contributed by atoms with Gasteiger partial charge in [-0.3, -0.25) is 9.59 Å². The van der Waals surface area contributed by atoms with Crippen LogP contribution >= 0.6 is 0 Å². The van der Waals surface area contributed by atoms with Gasteiger partial charge >= 0.3 is 5.97 Å². The molecule has 22 heavy (non-hydrogen) atoms. The normalized spacial score (nSPS) is 12.8. The first-order chi connectivity index (χ1) is 10.6. The van der Waals surface area contributed by atoms with Crippen LogP contribution in [0.4, 0.5) is 0 Å². The number of carboxylic acids is 1. The van der Waals surface area contributed by atoms with E-state index in [1.54, 1.807) is 18.2 Å². The van der Waals surface area contributed by atoms with Gasteiger partial charge in [0.25, 0.3) is 0 Å². The van der Waals surface area contributed by atoms with Gasteiger partial charge in [-0.05, 0) is 18.1 Å². The topological polar surface area (TPSA) is 91.7 Å². The molecular weight excluding hydrogens is 284 g/mol. The van der Waals surface area contributed by atoms with Crippen molar-refractivity contribution in [1.29, 1.82) is 0 Å². The van der Waals surface area contributed by atoms with Gasteiger partial charge in [0.2, 0.25) is 0 Å². The van der Waals surface area contributed by atoms with Gasteiger partial charge in [-0.2, -0.15) is 0 Å². The Balaban J connectivity index is 2.33. The molecule has 0 amide bonds. The third-order valence-corrected chi connectivity index (χ3v) is 3.77. The van der Waals surface area contributed by atoms with Gasteiger partial charge in [-0.1, -0.05) is 30.3 Å². The third-order valence-electron chi connectivity index (χ3n) is 3.77. The maximum absolute atomic E-state index is 12.7. The van der Waals surface area contributed by atoms with Gasteiger partial charge in [0, 0.05) is 28.9 Å². The standard InChI is InChI=1S/C17H12O5/c18-8-7-9-5-6-12-14(13(9)17(21)22)16(20)11-4-2-1-3-10(11)15(12)19/h1-6,18H,7-8H2,(H,21,22). The van der Waals surface area contributed by atoms with Crippen molar-refractivity contribution in [2.75, 3.05) is 6.61 Å². The predicted molar refractivity (Wildman–Crippen MR) is 77.5 cm³/mol. The van der Waals surface area contributed by atoms with E-state index in [4.69, 9.17) is 5.11 Å². The first-order valence-corrected chi connectivity index (χ1v) is 6.74. The highest BCUT2D eigenvalue weighted by Gasteiger charge is 2.34. The molecule has 3 rings (SSSR count). The Morgan fingerprint density at radius 2 is 1.55 bits per heavy atom. The van der Waals surface area contributed by atoms with Crippen LogP contribution in [0.2, 0.25) is 0 Å². The van der Waals surface area contributed by atoms with Gasteiger partial charge in [-0.25, -0.2) is 4.79 Å².